The van der Waals surface area contributed by atoms with Crippen LogP contribution >= 0.6 is 0 Å². The first-order valence-electron chi connectivity index (χ1n) is 11.5. The van der Waals surface area contributed by atoms with E-state index >= 15 is 0 Å². The number of H-pyrrole nitrogens is 1. The van der Waals surface area contributed by atoms with E-state index in [4.69, 9.17) is 0 Å². The summed E-state index contributed by atoms with van der Waals surface area (Å²) in [4.78, 5) is 30.4. The summed E-state index contributed by atoms with van der Waals surface area (Å²) in [5.41, 5.74) is 3.87. The van der Waals surface area contributed by atoms with Crippen molar-refractivity contribution in [2.75, 3.05) is 13.1 Å². The third-order valence-corrected chi connectivity index (χ3v) is 7.02. The highest BCUT2D eigenvalue weighted by Crippen LogP contribution is 2.32. The maximum absolute atomic E-state index is 13.5. The zero-order chi connectivity index (χ0) is 22.1. The Hall–Kier alpha value is -3.15. The standard InChI is InChI=1S/C26H28FN3O2/c27-21-9-10-24-23(13-21)19(14-29-24)11-12-28-25(31)18-7-5-17(6-8-18)15-30-16-20-3-1-2-4-22(20)26(30)32/h1-4,9-10,13-14,17-18,29H,5-8,11-12,15-16H2,(H,28,31). The summed E-state index contributed by atoms with van der Waals surface area (Å²) in [6, 6.07) is 12.6. The lowest BCUT2D eigenvalue weighted by Gasteiger charge is -2.30. The second kappa shape index (κ2) is 8.77. The number of fused-ring (bicyclic) bond motifs is 2. The lowest BCUT2D eigenvalue weighted by Crippen LogP contribution is -2.37. The van der Waals surface area contributed by atoms with Crippen molar-refractivity contribution < 1.29 is 14.0 Å². The van der Waals surface area contributed by atoms with E-state index in [1.54, 1.807) is 6.07 Å². The molecule has 2 heterocycles. The van der Waals surface area contributed by atoms with Crippen LogP contribution in [0.3, 0.4) is 0 Å². The molecular weight excluding hydrogens is 405 g/mol. The molecule has 32 heavy (non-hydrogen) atoms. The number of carbonyl (C=O) groups is 2. The summed E-state index contributed by atoms with van der Waals surface area (Å²) in [7, 11) is 0. The third-order valence-electron chi connectivity index (χ3n) is 7.02. The first-order valence-corrected chi connectivity index (χ1v) is 11.5. The number of carbonyl (C=O) groups excluding carboxylic acids is 2. The number of aromatic nitrogens is 1. The number of hydrogen-bond acceptors (Lipinski definition) is 2. The van der Waals surface area contributed by atoms with Crippen LogP contribution in [0, 0.1) is 17.7 Å². The first kappa shape index (κ1) is 20.7. The van der Waals surface area contributed by atoms with Gasteiger partial charge in [0.15, 0.2) is 0 Å². The van der Waals surface area contributed by atoms with Gasteiger partial charge < -0.3 is 15.2 Å². The van der Waals surface area contributed by atoms with Gasteiger partial charge in [0, 0.05) is 48.2 Å². The summed E-state index contributed by atoms with van der Waals surface area (Å²) in [5, 5.41) is 3.94. The van der Waals surface area contributed by atoms with Gasteiger partial charge in [-0.25, -0.2) is 4.39 Å². The minimum atomic E-state index is -0.251. The number of halogens is 1. The zero-order valence-electron chi connectivity index (χ0n) is 18.1. The minimum absolute atomic E-state index is 0.0399. The summed E-state index contributed by atoms with van der Waals surface area (Å²) in [5.74, 6) is 0.493. The number of benzene rings is 2. The van der Waals surface area contributed by atoms with Crippen molar-refractivity contribution >= 4 is 22.7 Å². The number of hydrogen-bond donors (Lipinski definition) is 2. The molecule has 1 aromatic heterocycles. The lowest BCUT2D eigenvalue weighted by molar-refractivity contribution is -0.126. The first-order chi connectivity index (χ1) is 15.6. The van der Waals surface area contributed by atoms with E-state index in [0.717, 1.165) is 59.8 Å². The van der Waals surface area contributed by atoms with Crippen molar-refractivity contribution in [1.29, 1.82) is 0 Å². The van der Waals surface area contributed by atoms with Crippen molar-refractivity contribution in [2.24, 2.45) is 11.8 Å². The molecule has 2 amide bonds. The molecule has 0 radical (unpaired) electrons. The number of nitrogens with one attached hydrogen (secondary N) is 2. The van der Waals surface area contributed by atoms with Gasteiger partial charge in [0.25, 0.3) is 5.91 Å². The van der Waals surface area contributed by atoms with Crippen LogP contribution in [0.5, 0.6) is 0 Å². The Bertz CT molecular complexity index is 1150. The van der Waals surface area contributed by atoms with Gasteiger partial charge in [0.2, 0.25) is 5.91 Å². The van der Waals surface area contributed by atoms with Crippen LogP contribution in [0.15, 0.2) is 48.7 Å². The molecule has 6 heteroatoms. The highest BCUT2D eigenvalue weighted by molar-refractivity contribution is 5.98. The Balaban J connectivity index is 1.07. The van der Waals surface area contributed by atoms with Gasteiger partial charge in [-0.15, -0.1) is 0 Å². The van der Waals surface area contributed by atoms with Gasteiger partial charge in [0.05, 0.1) is 0 Å². The van der Waals surface area contributed by atoms with Crippen molar-refractivity contribution in [3.8, 4) is 0 Å². The average molecular weight is 434 g/mol. The molecule has 1 aliphatic carbocycles. The number of amides is 2. The Kier molecular flexibility index (Phi) is 5.68. The third kappa shape index (κ3) is 4.14. The topological polar surface area (TPSA) is 65.2 Å². The van der Waals surface area contributed by atoms with Crippen LogP contribution in [-0.4, -0.2) is 34.8 Å². The highest BCUT2D eigenvalue weighted by atomic mass is 19.1. The quantitative estimate of drug-likeness (QED) is 0.604. The fourth-order valence-electron chi connectivity index (χ4n) is 5.20. The van der Waals surface area contributed by atoms with E-state index in [9.17, 15) is 14.0 Å². The molecule has 1 aliphatic heterocycles. The summed E-state index contributed by atoms with van der Waals surface area (Å²) in [6.45, 7) is 2.02. The summed E-state index contributed by atoms with van der Waals surface area (Å²) in [6.07, 6.45) is 6.23. The predicted molar refractivity (Wildman–Crippen MR) is 122 cm³/mol. The lowest BCUT2D eigenvalue weighted by atomic mass is 9.81. The fraction of sp³-hybridized carbons (Fsp3) is 0.385. The maximum Gasteiger partial charge on any atom is 0.254 e. The molecule has 0 atom stereocenters. The number of rotatable bonds is 6. The second-order valence-corrected chi connectivity index (χ2v) is 9.11. The van der Waals surface area contributed by atoms with Crippen molar-refractivity contribution in [3.05, 3.63) is 71.2 Å². The summed E-state index contributed by atoms with van der Waals surface area (Å²) >= 11 is 0. The molecule has 2 aliphatic rings. The van der Waals surface area contributed by atoms with Gasteiger partial charge in [-0.05, 0) is 73.4 Å². The molecule has 0 spiro atoms. The number of nitrogens with zero attached hydrogens (tertiary/aromatic N) is 1. The normalized spacial score (nSPS) is 20.5. The smallest absolute Gasteiger partial charge is 0.254 e. The highest BCUT2D eigenvalue weighted by Gasteiger charge is 2.31. The largest absolute Gasteiger partial charge is 0.361 e. The van der Waals surface area contributed by atoms with Gasteiger partial charge >= 0.3 is 0 Å². The molecular formula is C26H28FN3O2. The SMILES string of the molecule is O=C(NCCc1c[nH]c2ccc(F)cc12)C1CCC(CN2Cc3ccccc3C2=O)CC1. The maximum atomic E-state index is 13.5. The van der Waals surface area contributed by atoms with Crippen molar-refractivity contribution in [1.82, 2.24) is 15.2 Å². The molecule has 0 saturated heterocycles. The molecule has 5 rings (SSSR count). The average Bonchev–Trinajstić information content (AvgIpc) is 3.35. The van der Waals surface area contributed by atoms with Crippen LogP contribution in [0.1, 0.15) is 47.2 Å². The van der Waals surface area contributed by atoms with Crippen LogP contribution in [0.2, 0.25) is 0 Å². The molecule has 3 aromatic rings. The van der Waals surface area contributed by atoms with Crippen LogP contribution in [-0.2, 0) is 17.8 Å². The van der Waals surface area contributed by atoms with Gasteiger partial charge in [-0.2, -0.15) is 0 Å². The van der Waals surface area contributed by atoms with E-state index < -0.39 is 0 Å². The van der Waals surface area contributed by atoms with Gasteiger partial charge in [0.1, 0.15) is 5.82 Å². The zero-order valence-corrected chi connectivity index (χ0v) is 18.1. The molecule has 1 fully saturated rings. The Labute approximate surface area is 187 Å². The van der Waals surface area contributed by atoms with E-state index in [-0.39, 0.29) is 23.5 Å². The van der Waals surface area contributed by atoms with E-state index in [0.29, 0.717) is 25.4 Å². The van der Waals surface area contributed by atoms with E-state index in [1.165, 1.54) is 12.1 Å². The van der Waals surface area contributed by atoms with Crippen LogP contribution < -0.4 is 5.32 Å². The molecule has 166 valence electrons. The van der Waals surface area contributed by atoms with E-state index in [1.807, 2.05) is 35.4 Å². The van der Waals surface area contributed by atoms with Crippen LogP contribution in [0.25, 0.3) is 10.9 Å². The fourth-order valence-corrected chi connectivity index (χ4v) is 5.20. The molecule has 0 bridgehead atoms. The van der Waals surface area contributed by atoms with Crippen molar-refractivity contribution in [2.45, 2.75) is 38.6 Å². The summed E-state index contributed by atoms with van der Waals surface area (Å²) < 4.78 is 13.5. The molecule has 1 saturated carbocycles. The molecule has 0 unspecified atom stereocenters. The molecule has 5 nitrogen and oxygen atoms in total. The number of aromatic amines is 1. The predicted octanol–water partition coefficient (Wildman–Crippen LogP) is 4.43. The van der Waals surface area contributed by atoms with Gasteiger partial charge in [-0.3, -0.25) is 9.59 Å². The van der Waals surface area contributed by atoms with E-state index in [2.05, 4.69) is 10.3 Å². The van der Waals surface area contributed by atoms with Gasteiger partial charge in [-0.1, -0.05) is 18.2 Å². The Morgan fingerprint density at radius 3 is 2.75 bits per heavy atom. The molecule has 2 N–H and O–H groups in total. The monoisotopic (exact) mass is 433 g/mol. The van der Waals surface area contributed by atoms with Crippen LogP contribution in [0.4, 0.5) is 4.39 Å². The minimum Gasteiger partial charge on any atom is -0.361 e. The van der Waals surface area contributed by atoms with Crippen molar-refractivity contribution in [3.63, 3.8) is 0 Å². The second-order valence-electron chi connectivity index (χ2n) is 9.11. The molecule has 2 aromatic carbocycles. The Morgan fingerprint density at radius 2 is 1.94 bits per heavy atom. The Morgan fingerprint density at radius 1 is 1.12 bits per heavy atom.